The minimum Gasteiger partial charge on any atom is -0.453 e. The highest BCUT2D eigenvalue weighted by molar-refractivity contribution is 6.62. The second-order valence-corrected chi connectivity index (χ2v) is 12.2. The first kappa shape index (κ1) is 26.7. The van der Waals surface area contributed by atoms with Crippen LogP contribution in [-0.4, -0.2) is 64.4 Å². The van der Waals surface area contributed by atoms with E-state index >= 15 is 0 Å². The zero-order valence-electron chi connectivity index (χ0n) is 23.4. The molecular weight excluding hydrogens is 483 g/mol. The van der Waals surface area contributed by atoms with E-state index in [0.29, 0.717) is 5.92 Å². The maximum Gasteiger partial charge on any atom is 0.494 e. The summed E-state index contributed by atoms with van der Waals surface area (Å²) < 4.78 is 17.1. The molecule has 1 aliphatic carbocycles. The van der Waals surface area contributed by atoms with E-state index in [-0.39, 0.29) is 35.1 Å². The van der Waals surface area contributed by atoms with Gasteiger partial charge in [0.2, 0.25) is 5.91 Å². The molecule has 2 aromatic rings. The third-order valence-electron chi connectivity index (χ3n) is 8.85. The van der Waals surface area contributed by atoms with E-state index in [4.69, 9.17) is 19.0 Å². The molecule has 0 radical (unpaired) electrons. The van der Waals surface area contributed by atoms with E-state index < -0.39 is 19.3 Å². The molecule has 2 aliphatic heterocycles. The molecule has 4 atom stereocenters. The molecule has 38 heavy (non-hydrogen) atoms. The Balaban J connectivity index is 1.35. The quantitative estimate of drug-likeness (QED) is 0.559. The predicted octanol–water partition coefficient (Wildman–Crippen LogP) is 3.81. The molecule has 2 saturated heterocycles. The summed E-state index contributed by atoms with van der Waals surface area (Å²) in [4.78, 5) is 35.9. The standard InChI is InChI=1S/C28H39BN4O5/c1-16(2)22(32-26(35)36-7)25(34)33-20-13-10-18(14-20)23(33)24-30-15-21(31-24)17-8-11-19(12-9-17)29-37-27(3,4)28(5,6)38-29/h8-9,11-12,15-16,18,20,22-23H,10,13-14H2,1-7H3,(H,30,31)(H,32,35)/t18-,20+,22-,23-/m0/s1. The van der Waals surface area contributed by atoms with Gasteiger partial charge in [-0.05, 0) is 69.8 Å². The summed E-state index contributed by atoms with van der Waals surface area (Å²) in [5.74, 6) is 0.985. The molecule has 1 aromatic carbocycles. The van der Waals surface area contributed by atoms with Gasteiger partial charge in [-0.15, -0.1) is 0 Å². The van der Waals surface area contributed by atoms with Gasteiger partial charge in [-0.3, -0.25) is 4.79 Å². The maximum absolute atomic E-state index is 13.7. The fraction of sp³-hybridized carbons (Fsp3) is 0.607. The van der Waals surface area contributed by atoms with Gasteiger partial charge in [-0.2, -0.15) is 0 Å². The Morgan fingerprint density at radius 2 is 1.79 bits per heavy atom. The zero-order valence-corrected chi connectivity index (χ0v) is 23.4. The van der Waals surface area contributed by atoms with Crippen molar-refractivity contribution in [2.24, 2.45) is 11.8 Å². The van der Waals surface area contributed by atoms with Crippen LogP contribution in [0.1, 0.15) is 72.7 Å². The number of ether oxygens (including phenoxy) is 1. The number of nitrogens with one attached hydrogen (secondary N) is 2. The van der Waals surface area contributed by atoms with Crippen molar-refractivity contribution in [2.75, 3.05) is 7.11 Å². The highest BCUT2D eigenvalue weighted by Crippen LogP contribution is 2.50. The molecule has 1 saturated carbocycles. The topological polar surface area (TPSA) is 106 Å². The van der Waals surface area contributed by atoms with Crippen LogP contribution in [0.3, 0.4) is 0 Å². The van der Waals surface area contributed by atoms with Gasteiger partial charge in [0.15, 0.2) is 0 Å². The number of likely N-dealkylation sites (tertiary alicyclic amines) is 1. The van der Waals surface area contributed by atoms with E-state index in [9.17, 15) is 9.59 Å². The molecular formula is C28H39BN4O5. The fourth-order valence-corrected chi connectivity index (χ4v) is 5.95. The third kappa shape index (κ3) is 4.62. The van der Waals surface area contributed by atoms with Crippen LogP contribution in [0.5, 0.6) is 0 Å². The minimum absolute atomic E-state index is 0.0731. The highest BCUT2D eigenvalue weighted by Gasteiger charge is 2.52. The summed E-state index contributed by atoms with van der Waals surface area (Å²) in [6.07, 6.45) is 4.24. The number of benzene rings is 1. The van der Waals surface area contributed by atoms with E-state index in [0.717, 1.165) is 41.8 Å². The number of H-pyrrole nitrogens is 1. The summed E-state index contributed by atoms with van der Waals surface area (Å²) in [5, 5.41) is 2.74. The summed E-state index contributed by atoms with van der Waals surface area (Å²) in [6.45, 7) is 12.1. The molecule has 3 fully saturated rings. The van der Waals surface area contributed by atoms with Crippen molar-refractivity contribution in [3.8, 4) is 11.3 Å². The van der Waals surface area contributed by atoms with Crippen LogP contribution in [0.2, 0.25) is 0 Å². The van der Waals surface area contributed by atoms with Crippen molar-refractivity contribution in [3.63, 3.8) is 0 Å². The second-order valence-electron chi connectivity index (χ2n) is 12.2. The fourth-order valence-electron chi connectivity index (χ4n) is 5.95. The van der Waals surface area contributed by atoms with Crippen LogP contribution in [0, 0.1) is 11.8 Å². The highest BCUT2D eigenvalue weighted by atomic mass is 16.7. The van der Waals surface area contributed by atoms with Crippen molar-refractivity contribution < 1.29 is 23.6 Å². The summed E-state index contributed by atoms with van der Waals surface area (Å²) in [6, 6.07) is 7.49. The number of alkyl carbamates (subject to hydrolysis) is 1. The molecule has 2 amide bonds. The lowest BCUT2D eigenvalue weighted by Crippen LogP contribution is -2.54. The summed E-state index contributed by atoms with van der Waals surface area (Å²) >= 11 is 0. The molecule has 10 heteroatoms. The van der Waals surface area contributed by atoms with Gasteiger partial charge < -0.3 is 29.2 Å². The Morgan fingerprint density at radius 3 is 2.39 bits per heavy atom. The average Bonchev–Trinajstić information content (AvgIpc) is 3.65. The molecule has 2 N–H and O–H groups in total. The number of aromatic nitrogens is 2. The predicted molar refractivity (Wildman–Crippen MR) is 145 cm³/mol. The Bertz CT molecular complexity index is 1180. The molecule has 3 aliphatic rings. The third-order valence-corrected chi connectivity index (χ3v) is 8.85. The molecule has 0 unspecified atom stereocenters. The lowest BCUT2D eigenvalue weighted by Gasteiger charge is -2.37. The SMILES string of the molecule is COC(=O)N[C@H](C(=O)N1[C@@H]2CC[C@@H](C2)[C@H]1c1ncc(-c2ccc(B3OC(C)(C)C(C)(C)O3)cc2)[nH]1)C(C)C. The molecule has 9 nitrogen and oxygen atoms in total. The van der Waals surface area contributed by atoms with E-state index in [1.807, 2.05) is 76.9 Å². The van der Waals surface area contributed by atoms with Crippen molar-refractivity contribution in [2.45, 2.75) is 90.1 Å². The van der Waals surface area contributed by atoms with Crippen molar-refractivity contribution in [3.05, 3.63) is 36.3 Å². The number of aromatic amines is 1. The first-order chi connectivity index (χ1) is 17.9. The van der Waals surface area contributed by atoms with Gasteiger partial charge in [0.05, 0.1) is 36.2 Å². The number of nitrogens with zero attached hydrogens (tertiary/aromatic N) is 2. The van der Waals surface area contributed by atoms with Crippen molar-refractivity contribution >= 4 is 24.6 Å². The van der Waals surface area contributed by atoms with Gasteiger partial charge in [0, 0.05) is 6.04 Å². The maximum atomic E-state index is 13.7. The zero-order chi connectivity index (χ0) is 27.4. The summed E-state index contributed by atoms with van der Waals surface area (Å²) in [5.41, 5.74) is 2.08. The Hall–Kier alpha value is -2.85. The smallest absolute Gasteiger partial charge is 0.453 e. The van der Waals surface area contributed by atoms with Crippen LogP contribution in [0.4, 0.5) is 4.79 Å². The molecule has 2 bridgehead atoms. The lowest BCUT2D eigenvalue weighted by atomic mass is 9.79. The molecule has 204 valence electrons. The van der Waals surface area contributed by atoms with Crippen molar-refractivity contribution in [1.82, 2.24) is 20.2 Å². The van der Waals surface area contributed by atoms with Crippen LogP contribution < -0.4 is 10.8 Å². The number of piperidine rings is 1. The van der Waals surface area contributed by atoms with Crippen LogP contribution in [0.25, 0.3) is 11.3 Å². The van der Waals surface area contributed by atoms with Gasteiger partial charge in [-0.25, -0.2) is 9.78 Å². The van der Waals surface area contributed by atoms with Crippen molar-refractivity contribution in [1.29, 1.82) is 0 Å². The van der Waals surface area contributed by atoms with Crippen LogP contribution >= 0.6 is 0 Å². The molecule has 0 spiro atoms. The van der Waals surface area contributed by atoms with Crippen LogP contribution in [-0.2, 0) is 18.8 Å². The molecule has 1 aromatic heterocycles. The van der Waals surface area contributed by atoms with Crippen LogP contribution in [0.15, 0.2) is 30.5 Å². The molecule has 5 rings (SSSR count). The minimum atomic E-state index is -0.652. The number of hydrogen-bond acceptors (Lipinski definition) is 6. The number of rotatable bonds is 6. The number of fused-ring (bicyclic) bond motifs is 2. The lowest BCUT2D eigenvalue weighted by molar-refractivity contribution is -0.139. The first-order valence-corrected chi connectivity index (χ1v) is 13.6. The number of carbonyl (C=O) groups excluding carboxylic acids is 2. The first-order valence-electron chi connectivity index (χ1n) is 13.6. The van der Waals surface area contributed by atoms with Gasteiger partial charge >= 0.3 is 13.2 Å². The largest absolute Gasteiger partial charge is 0.494 e. The van der Waals surface area contributed by atoms with Gasteiger partial charge in [0.1, 0.15) is 11.9 Å². The molecule has 3 heterocycles. The normalized spacial score (nSPS) is 26.2. The number of imidazole rings is 1. The monoisotopic (exact) mass is 522 g/mol. The number of carbonyl (C=O) groups is 2. The Kier molecular flexibility index (Phi) is 6.84. The van der Waals surface area contributed by atoms with E-state index in [1.165, 1.54) is 7.11 Å². The van der Waals surface area contributed by atoms with E-state index in [2.05, 4.69) is 10.3 Å². The summed E-state index contributed by atoms with van der Waals surface area (Å²) in [7, 11) is 0.900. The number of methoxy groups -OCH3 is 1. The number of hydrogen-bond donors (Lipinski definition) is 2. The van der Waals surface area contributed by atoms with Gasteiger partial charge in [-0.1, -0.05) is 38.1 Å². The number of amides is 2. The van der Waals surface area contributed by atoms with E-state index in [1.54, 1.807) is 0 Å². The Morgan fingerprint density at radius 1 is 1.13 bits per heavy atom. The Labute approximate surface area is 225 Å². The second kappa shape index (κ2) is 9.72. The average molecular weight is 522 g/mol. The van der Waals surface area contributed by atoms with Gasteiger partial charge in [0.25, 0.3) is 0 Å².